The van der Waals surface area contributed by atoms with Crippen molar-refractivity contribution in [2.24, 2.45) is 5.10 Å². The quantitative estimate of drug-likeness (QED) is 0.292. The van der Waals surface area contributed by atoms with Crippen LogP contribution in [0.1, 0.15) is 12.5 Å². The molecule has 1 unspecified atom stereocenters. The highest BCUT2D eigenvalue weighted by atomic mass is 35.5. The molecular formula is C18H23ClN3O2P. The summed E-state index contributed by atoms with van der Waals surface area (Å²) < 4.78 is 21.0. The van der Waals surface area contributed by atoms with Crippen molar-refractivity contribution in [2.75, 3.05) is 31.5 Å². The van der Waals surface area contributed by atoms with Crippen LogP contribution < -0.4 is 5.43 Å². The molecule has 0 bridgehead atoms. The van der Waals surface area contributed by atoms with Crippen molar-refractivity contribution < 1.29 is 9.09 Å². The van der Waals surface area contributed by atoms with E-state index in [1.54, 1.807) is 11.7 Å². The van der Waals surface area contributed by atoms with Crippen LogP contribution in [0.5, 0.6) is 0 Å². The van der Waals surface area contributed by atoms with Crippen LogP contribution in [0.2, 0.25) is 0 Å². The van der Waals surface area contributed by atoms with Gasteiger partial charge in [-0.1, -0.05) is 48.5 Å². The lowest BCUT2D eigenvalue weighted by Gasteiger charge is -2.28. The number of hydrogen-bond acceptors (Lipinski definition) is 4. The van der Waals surface area contributed by atoms with Crippen molar-refractivity contribution >= 4 is 30.3 Å². The van der Waals surface area contributed by atoms with Gasteiger partial charge in [0.1, 0.15) is 0 Å². The molecular weight excluding hydrogens is 357 g/mol. The van der Waals surface area contributed by atoms with Gasteiger partial charge in [-0.15, -0.1) is 11.6 Å². The van der Waals surface area contributed by atoms with Gasteiger partial charge in [0.2, 0.25) is 0 Å². The largest absolute Gasteiger partial charge is 0.322 e. The Morgan fingerprint density at radius 3 is 2.32 bits per heavy atom. The number of hydrazone groups is 1. The Bertz CT molecular complexity index is 726. The number of alkyl halides is 1. The number of hydrogen-bond donors (Lipinski definition) is 1. The summed E-state index contributed by atoms with van der Waals surface area (Å²) in [5.74, 6) is 0.349. The molecule has 1 N–H and O–H groups in total. The summed E-state index contributed by atoms with van der Waals surface area (Å²) >= 11 is 5.85. The van der Waals surface area contributed by atoms with E-state index < -0.39 is 7.52 Å². The van der Waals surface area contributed by atoms with E-state index >= 15 is 0 Å². The molecule has 0 spiro atoms. The first-order valence-electron chi connectivity index (χ1n) is 8.08. The van der Waals surface area contributed by atoms with Gasteiger partial charge in [-0.2, -0.15) is 5.10 Å². The fraction of sp³-hybridized carbons (Fsp3) is 0.278. The Kier molecular flexibility index (Phi) is 7.66. The van der Waals surface area contributed by atoms with Crippen molar-refractivity contribution in [3.8, 4) is 0 Å². The highest BCUT2D eigenvalue weighted by Crippen LogP contribution is 2.53. The Morgan fingerprint density at radius 2 is 1.76 bits per heavy atom. The summed E-state index contributed by atoms with van der Waals surface area (Å²) in [7, 11) is -1.62. The monoisotopic (exact) mass is 379 g/mol. The van der Waals surface area contributed by atoms with Crippen LogP contribution in [0, 0.1) is 0 Å². The van der Waals surface area contributed by atoms with E-state index in [9.17, 15) is 4.57 Å². The Hall–Kier alpha value is -1.65. The normalized spacial score (nSPS) is 14.3. The highest BCUT2D eigenvalue weighted by molar-refractivity contribution is 7.75. The van der Waals surface area contributed by atoms with E-state index in [-0.39, 0.29) is 0 Å². The summed E-state index contributed by atoms with van der Waals surface area (Å²) in [5.41, 5.74) is 4.89. The molecule has 1 atom stereocenters. The summed E-state index contributed by atoms with van der Waals surface area (Å²) in [4.78, 5) is 0. The van der Waals surface area contributed by atoms with Gasteiger partial charge in [0.25, 0.3) is 0 Å². The third-order valence-corrected chi connectivity index (χ3v) is 6.30. The molecule has 2 aromatic carbocycles. The van der Waals surface area contributed by atoms with Crippen molar-refractivity contribution in [3.63, 3.8) is 0 Å². The second-order valence-corrected chi connectivity index (χ2v) is 8.07. The number of para-hydroxylation sites is 1. The van der Waals surface area contributed by atoms with Gasteiger partial charge < -0.3 is 4.52 Å². The molecule has 7 heteroatoms. The summed E-state index contributed by atoms with van der Waals surface area (Å²) in [5, 5.41) is 4.45. The number of nitrogens with zero attached hydrogens (tertiary/aromatic N) is 2. The SMILES string of the molecule is CCOP(=O)(C(=NNc1ccccc1)c1ccccc1)N(C)CCCl. The Labute approximate surface area is 154 Å². The molecule has 25 heavy (non-hydrogen) atoms. The van der Waals surface area contributed by atoms with Gasteiger partial charge in [-0.25, -0.2) is 4.67 Å². The zero-order chi connectivity index (χ0) is 18.1. The molecule has 0 radical (unpaired) electrons. The van der Waals surface area contributed by atoms with E-state index in [4.69, 9.17) is 16.1 Å². The molecule has 2 rings (SSSR count). The lowest BCUT2D eigenvalue weighted by atomic mass is 10.2. The molecule has 5 nitrogen and oxygen atoms in total. The molecule has 0 amide bonds. The number of rotatable bonds is 9. The Morgan fingerprint density at radius 1 is 1.16 bits per heavy atom. The molecule has 0 fully saturated rings. The van der Waals surface area contributed by atoms with Gasteiger partial charge >= 0.3 is 7.52 Å². The molecule has 0 aromatic heterocycles. The van der Waals surface area contributed by atoms with E-state index in [1.807, 2.05) is 67.6 Å². The maximum absolute atomic E-state index is 13.7. The van der Waals surface area contributed by atoms with E-state index in [0.29, 0.717) is 24.5 Å². The van der Waals surface area contributed by atoms with Gasteiger partial charge in [0.15, 0.2) is 5.45 Å². The topological polar surface area (TPSA) is 53.9 Å². The number of halogens is 1. The average Bonchev–Trinajstić information content (AvgIpc) is 2.64. The minimum atomic E-state index is -3.36. The first-order chi connectivity index (χ1) is 12.1. The lowest BCUT2D eigenvalue weighted by molar-refractivity contribution is 0.301. The molecule has 134 valence electrons. The minimum absolute atomic E-state index is 0.307. The third-order valence-electron chi connectivity index (χ3n) is 3.53. The van der Waals surface area contributed by atoms with Crippen LogP contribution in [0.15, 0.2) is 65.8 Å². The fourth-order valence-electron chi connectivity index (χ4n) is 2.26. The first-order valence-corrected chi connectivity index (χ1v) is 10.2. The molecule has 0 aliphatic heterocycles. The number of benzene rings is 2. The lowest BCUT2D eigenvalue weighted by Crippen LogP contribution is -2.25. The summed E-state index contributed by atoms with van der Waals surface area (Å²) in [6.45, 7) is 2.55. The van der Waals surface area contributed by atoms with Crippen LogP contribution in [-0.4, -0.2) is 36.2 Å². The maximum Gasteiger partial charge on any atom is 0.322 e. The van der Waals surface area contributed by atoms with Crippen LogP contribution in [-0.2, 0) is 9.09 Å². The van der Waals surface area contributed by atoms with Crippen LogP contribution >= 0.6 is 19.1 Å². The zero-order valence-electron chi connectivity index (χ0n) is 14.4. The van der Waals surface area contributed by atoms with Crippen LogP contribution in [0.3, 0.4) is 0 Å². The van der Waals surface area contributed by atoms with Crippen molar-refractivity contribution in [3.05, 3.63) is 66.2 Å². The second kappa shape index (κ2) is 9.73. The van der Waals surface area contributed by atoms with E-state index in [1.165, 1.54) is 0 Å². The molecule has 2 aromatic rings. The predicted octanol–water partition coefficient (Wildman–Crippen LogP) is 4.86. The summed E-state index contributed by atoms with van der Waals surface area (Å²) in [6, 6.07) is 18.9. The Balaban J connectivity index is 2.47. The molecule has 0 saturated heterocycles. The number of anilines is 1. The standard InChI is InChI=1S/C18H23ClN3O2P/c1-3-24-25(23,22(2)15-14-19)18(16-10-6-4-7-11-16)21-20-17-12-8-5-9-13-17/h4-13,20H,3,14-15H2,1-2H3. The van der Waals surface area contributed by atoms with Gasteiger partial charge in [-0.3, -0.25) is 9.99 Å². The van der Waals surface area contributed by atoms with Crippen LogP contribution in [0.4, 0.5) is 5.69 Å². The third kappa shape index (κ3) is 5.16. The molecule has 0 aliphatic rings. The van der Waals surface area contributed by atoms with Gasteiger partial charge in [0.05, 0.1) is 12.3 Å². The van der Waals surface area contributed by atoms with Gasteiger partial charge in [0, 0.05) is 18.0 Å². The van der Waals surface area contributed by atoms with E-state index in [2.05, 4.69) is 10.5 Å². The predicted molar refractivity (Wildman–Crippen MR) is 106 cm³/mol. The average molecular weight is 380 g/mol. The first kappa shape index (κ1) is 19.7. The minimum Gasteiger partial charge on any atom is -0.313 e. The zero-order valence-corrected chi connectivity index (χ0v) is 16.1. The summed E-state index contributed by atoms with van der Waals surface area (Å²) in [6.07, 6.45) is 0. The van der Waals surface area contributed by atoms with Crippen LogP contribution in [0.25, 0.3) is 0 Å². The molecule has 0 aliphatic carbocycles. The number of nitrogens with one attached hydrogen (secondary N) is 1. The maximum atomic E-state index is 13.7. The van der Waals surface area contributed by atoms with Gasteiger partial charge in [-0.05, 0) is 26.1 Å². The molecule has 0 heterocycles. The van der Waals surface area contributed by atoms with E-state index in [0.717, 1.165) is 11.3 Å². The van der Waals surface area contributed by atoms with Crippen molar-refractivity contribution in [1.29, 1.82) is 0 Å². The molecule has 0 saturated carbocycles. The fourth-order valence-corrected chi connectivity index (χ4v) is 4.64. The van der Waals surface area contributed by atoms with Crippen molar-refractivity contribution in [1.82, 2.24) is 4.67 Å². The van der Waals surface area contributed by atoms with Crippen molar-refractivity contribution in [2.45, 2.75) is 6.92 Å². The second-order valence-electron chi connectivity index (χ2n) is 5.29. The highest BCUT2D eigenvalue weighted by Gasteiger charge is 2.36. The smallest absolute Gasteiger partial charge is 0.313 e.